The number of hydrazone groups is 1. The predicted molar refractivity (Wildman–Crippen MR) is 48.9 cm³/mol. The molecule has 3 heteroatoms. The maximum absolute atomic E-state index is 11.2. The highest BCUT2D eigenvalue weighted by Gasteiger charge is 2.22. The van der Waals surface area contributed by atoms with Crippen LogP contribution in [0.4, 0.5) is 0 Å². The van der Waals surface area contributed by atoms with Crippen LogP contribution in [-0.4, -0.2) is 23.2 Å². The maximum Gasteiger partial charge on any atom is 0.248 e. The Kier molecular flexibility index (Phi) is 2.84. The van der Waals surface area contributed by atoms with E-state index in [-0.39, 0.29) is 5.91 Å². The van der Waals surface area contributed by atoms with E-state index in [1.165, 1.54) is 0 Å². The third-order valence-corrected chi connectivity index (χ3v) is 1.85. The monoisotopic (exact) mass is 168 g/mol. The molecule has 0 aromatic rings. The van der Waals surface area contributed by atoms with E-state index < -0.39 is 0 Å². The Morgan fingerprint density at radius 2 is 2.25 bits per heavy atom. The van der Waals surface area contributed by atoms with Crippen LogP contribution in [0.1, 0.15) is 33.6 Å². The third-order valence-electron chi connectivity index (χ3n) is 1.85. The highest BCUT2D eigenvalue weighted by atomic mass is 16.2. The van der Waals surface area contributed by atoms with Gasteiger partial charge in [-0.1, -0.05) is 13.8 Å². The van der Waals surface area contributed by atoms with Gasteiger partial charge in [0, 0.05) is 12.3 Å². The summed E-state index contributed by atoms with van der Waals surface area (Å²) in [6.07, 6.45) is 1.48. The number of rotatable bonds is 3. The molecule has 0 saturated carbocycles. The van der Waals surface area contributed by atoms with E-state index in [1.54, 1.807) is 5.01 Å². The quantitative estimate of drug-likeness (QED) is 0.630. The summed E-state index contributed by atoms with van der Waals surface area (Å²) in [4.78, 5) is 11.2. The molecule has 1 heterocycles. The van der Waals surface area contributed by atoms with E-state index in [2.05, 4.69) is 18.9 Å². The Hall–Kier alpha value is -0.860. The highest BCUT2D eigenvalue weighted by Crippen LogP contribution is 2.13. The van der Waals surface area contributed by atoms with Gasteiger partial charge in [-0.3, -0.25) is 4.79 Å². The first kappa shape index (κ1) is 9.23. The van der Waals surface area contributed by atoms with Gasteiger partial charge in [-0.15, -0.1) is 0 Å². The molecule has 0 spiro atoms. The van der Waals surface area contributed by atoms with Crippen molar-refractivity contribution >= 4 is 11.6 Å². The van der Waals surface area contributed by atoms with E-state index >= 15 is 0 Å². The summed E-state index contributed by atoms with van der Waals surface area (Å²) in [5, 5.41) is 5.78. The highest BCUT2D eigenvalue weighted by molar-refractivity contribution is 6.04. The van der Waals surface area contributed by atoms with E-state index in [0.29, 0.717) is 18.9 Å². The SMILES string of the molecule is CCN1N=C(CC(C)C)CC1=O. The van der Waals surface area contributed by atoms with Crippen molar-refractivity contribution in [1.82, 2.24) is 5.01 Å². The van der Waals surface area contributed by atoms with Gasteiger partial charge in [-0.25, -0.2) is 5.01 Å². The van der Waals surface area contributed by atoms with Gasteiger partial charge in [-0.2, -0.15) is 5.10 Å². The van der Waals surface area contributed by atoms with Crippen molar-refractivity contribution in [3.05, 3.63) is 0 Å². The molecule has 0 fully saturated rings. The van der Waals surface area contributed by atoms with E-state index in [9.17, 15) is 4.79 Å². The first-order valence-electron chi connectivity index (χ1n) is 4.50. The molecule has 3 nitrogen and oxygen atoms in total. The Morgan fingerprint density at radius 3 is 2.67 bits per heavy atom. The fraction of sp³-hybridized carbons (Fsp3) is 0.778. The van der Waals surface area contributed by atoms with Gasteiger partial charge in [0.15, 0.2) is 0 Å². The van der Waals surface area contributed by atoms with Crippen LogP contribution < -0.4 is 0 Å². The van der Waals surface area contributed by atoms with Gasteiger partial charge in [0.25, 0.3) is 0 Å². The van der Waals surface area contributed by atoms with Crippen molar-refractivity contribution in [3.63, 3.8) is 0 Å². The lowest BCUT2D eigenvalue weighted by Gasteiger charge is -2.05. The van der Waals surface area contributed by atoms with Crippen molar-refractivity contribution in [1.29, 1.82) is 0 Å². The maximum atomic E-state index is 11.2. The van der Waals surface area contributed by atoms with Crippen molar-refractivity contribution in [3.8, 4) is 0 Å². The van der Waals surface area contributed by atoms with Crippen LogP contribution in [0, 0.1) is 5.92 Å². The fourth-order valence-electron chi connectivity index (χ4n) is 1.36. The summed E-state index contributed by atoms with van der Waals surface area (Å²) in [6, 6.07) is 0. The second-order valence-corrected chi connectivity index (χ2v) is 3.55. The van der Waals surface area contributed by atoms with Crippen LogP contribution in [0.2, 0.25) is 0 Å². The van der Waals surface area contributed by atoms with Crippen molar-refractivity contribution in [2.24, 2.45) is 11.0 Å². The van der Waals surface area contributed by atoms with Crippen LogP contribution in [-0.2, 0) is 4.79 Å². The van der Waals surface area contributed by atoms with Crippen LogP contribution in [0.15, 0.2) is 5.10 Å². The molecule has 1 rings (SSSR count). The minimum Gasteiger partial charge on any atom is -0.273 e. The number of amides is 1. The van der Waals surface area contributed by atoms with Crippen molar-refractivity contribution in [2.45, 2.75) is 33.6 Å². The minimum atomic E-state index is 0.146. The van der Waals surface area contributed by atoms with Gasteiger partial charge >= 0.3 is 0 Å². The zero-order chi connectivity index (χ0) is 9.14. The molecule has 0 saturated heterocycles. The molecule has 0 aromatic heterocycles. The molecule has 68 valence electrons. The molecule has 0 bridgehead atoms. The molecule has 0 atom stereocenters. The predicted octanol–water partition coefficient (Wildman–Crippen LogP) is 1.64. The first-order chi connectivity index (χ1) is 5.63. The van der Waals surface area contributed by atoms with E-state index in [4.69, 9.17) is 0 Å². The number of nitrogens with zero attached hydrogens (tertiary/aromatic N) is 2. The summed E-state index contributed by atoms with van der Waals surface area (Å²) in [5.41, 5.74) is 1.04. The molecular formula is C9H16N2O. The molecule has 12 heavy (non-hydrogen) atoms. The summed E-state index contributed by atoms with van der Waals surface area (Å²) in [7, 11) is 0. The second-order valence-electron chi connectivity index (χ2n) is 3.55. The molecular weight excluding hydrogens is 152 g/mol. The van der Waals surface area contributed by atoms with Crippen LogP contribution in [0.25, 0.3) is 0 Å². The van der Waals surface area contributed by atoms with Crippen molar-refractivity contribution in [2.75, 3.05) is 6.54 Å². The lowest BCUT2D eigenvalue weighted by Crippen LogP contribution is -2.19. The van der Waals surface area contributed by atoms with Crippen LogP contribution in [0.3, 0.4) is 0 Å². The molecule has 0 radical (unpaired) electrons. The van der Waals surface area contributed by atoms with Gasteiger partial charge in [0.2, 0.25) is 5.91 Å². The van der Waals surface area contributed by atoms with Gasteiger partial charge in [0.1, 0.15) is 0 Å². The number of hydrogen-bond acceptors (Lipinski definition) is 2. The number of hydrogen-bond donors (Lipinski definition) is 0. The average Bonchev–Trinajstić information content (AvgIpc) is 2.29. The van der Waals surface area contributed by atoms with Crippen molar-refractivity contribution < 1.29 is 4.79 Å². The molecule has 0 aromatic carbocycles. The zero-order valence-electron chi connectivity index (χ0n) is 8.00. The summed E-state index contributed by atoms with van der Waals surface area (Å²) >= 11 is 0. The van der Waals surface area contributed by atoms with E-state index in [0.717, 1.165) is 12.1 Å². The summed E-state index contributed by atoms with van der Waals surface area (Å²) in [6.45, 7) is 6.92. The molecule has 1 aliphatic rings. The minimum absolute atomic E-state index is 0.146. The standard InChI is InChI=1S/C9H16N2O/c1-4-11-9(12)6-8(10-11)5-7(2)3/h7H,4-6H2,1-3H3. The van der Waals surface area contributed by atoms with Crippen LogP contribution >= 0.6 is 0 Å². The third kappa shape index (κ3) is 2.06. The first-order valence-corrected chi connectivity index (χ1v) is 4.50. The largest absolute Gasteiger partial charge is 0.273 e. The zero-order valence-corrected chi connectivity index (χ0v) is 8.00. The summed E-state index contributed by atoms with van der Waals surface area (Å²) < 4.78 is 0. The Bertz CT molecular complexity index is 209. The topological polar surface area (TPSA) is 32.7 Å². The van der Waals surface area contributed by atoms with Crippen LogP contribution in [0.5, 0.6) is 0 Å². The molecule has 1 aliphatic heterocycles. The lowest BCUT2D eigenvalue weighted by atomic mass is 10.1. The fourth-order valence-corrected chi connectivity index (χ4v) is 1.36. The molecule has 0 aliphatic carbocycles. The second kappa shape index (κ2) is 3.70. The number of carbonyl (C=O) groups excluding carboxylic acids is 1. The van der Waals surface area contributed by atoms with E-state index in [1.807, 2.05) is 6.92 Å². The normalized spacial score (nSPS) is 17.5. The van der Waals surface area contributed by atoms with Gasteiger partial charge in [0.05, 0.1) is 6.42 Å². The molecule has 0 unspecified atom stereocenters. The molecule has 0 N–H and O–H groups in total. The Balaban J connectivity index is 2.53. The Morgan fingerprint density at radius 1 is 1.58 bits per heavy atom. The van der Waals surface area contributed by atoms with Gasteiger partial charge < -0.3 is 0 Å². The lowest BCUT2D eigenvalue weighted by molar-refractivity contribution is -0.128. The summed E-state index contributed by atoms with van der Waals surface area (Å²) in [5.74, 6) is 0.738. The number of carbonyl (C=O) groups is 1. The van der Waals surface area contributed by atoms with Gasteiger partial charge in [-0.05, 0) is 19.3 Å². The smallest absolute Gasteiger partial charge is 0.248 e. The Labute approximate surface area is 73.4 Å². The molecule has 1 amide bonds. The average molecular weight is 168 g/mol.